The van der Waals surface area contributed by atoms with E-state index in [0.29, 0.717) is 41.5 Å². The summed E-state index contributed by atoms with van der Waals surface area (Å²) in [7, 11) is 0. The van der Waals surface area contributed by atoms with E-state index in [9.17, 15) is 9.59 Å². The molecule has 0 N–H and O–H groups in total. The summed E-state index contributed by atoms with van der Waals surface area (Å²) in [5, 5.41) is 0.589. The minimum absolute atomic E-state index is 0.0905. The predicted octanol–water partition coefficient (Wildman–Crippen LogP) is 6.52. The highest BCUT2D eigenvalue weighted by Crippen LogP contribution is 2.30. The number of amides is 1. The third-order valence-electron chi connectivity index (χ3n) is 7.36. The molecule has 5 heteroatoms. The van der Waals surface area contributed by atoms with Crippen LogP contribution >= 0.6 is 0 Å². The van der Waals surface area contributed by atoms with Crippen LogP contribution in [0.2, 0.25) is 0 Å². The van der Waals surface area contributed by atoms with Gasteiger partial charge in [0.25, 0.3) is 5.56 Å². The molecule has 3 aromatic rings. The molecule has 186 valence electrons. The van der Waals surface area contributed by atoms with Gasteiger partial charge >= 0.3 is 0 Å². The van der Waals surface area contributed by atoms with E-state index in [0.717, 1.165) is 23.2 Å². The minimum Gasteiger partial charge on any atom is -0.333 e. The fraction of sp³-hybridized carbons (Fsp3) is 0.500. The molecule has 1 heterocycles. The third-order valence-corrected chi connectivity index (χ3v) is 7.36. The summed E-state index contributed by atoms with van der Waals surface area (Å²) in [5.41, 5.74) is 3.56. The highest BCUT2D eigenvalue weighted by molar-refractivity contribution is 5.79. The summed E-state index contributed by atoms with van der Waals surface area (Å²) in [4.78, 5) is 34.3. The van der Waals surface area contributed by atoms with Gasteiger partial charge in [0.2, 0.25) is 5.91 Å². The normalized spacial score (nSPS) is 15.1. The number of rotatable bonds is 8. The molecule has 0 spiro atoms. The fourth-order valence-electron chi connectivity index (χ4n) is 5.50. The van der Waals surface area contributed by atoms with E-state index in [1.807, 2.05) is 55.1 Å². The van der Waals surface area contributed by atoms with Crippen LogP contribution in [0.5, 0.6) is 0 Å². The first-order valence-corrected chi connectivity index (χ1v) is 13.1. The first kappa shape index (κ1) is 25.2. The van der Waals surface area contributed by atoms with Crippen molar-refractivity contribution >= 4 is 16.8 Å². The smallest absolute Gasteiger partial charge is 0.266 e. The molecular formula is C30H39N3O2. The van der Waals surface area contributed by atoms with Gasteiger partial charge in [0.15, 0.2) is 0 Å². The summed E-state index contributed by atoms with van der Waals surface area (Å²) in [6.07, 6.45) is 6.57. The molecule has 35 heavy (non-hydrogen) atoms. The number of hydrogen-bond acceptors (Lipinski definition) is 3. The Bertz CT molecular complexity index is 1250. The molecule has 0 bridgehead atoms. The van der Waals surface area contributed by atoms with E-state index < -0.39 is 0 Å². The van der Waals surface area contributed by atoms with Crippen LogP contribution in [0.15, 0.2) is 47.3 Å². The second-order valence-corrected chi connectivity index (χ2v) is 10.7. The average molecular weight is 474 g/mol. The zero-order chi connectivity index (χ0) is 25.1. The first-order chi connectivity index (χ1) is 16.8. The topological polar surface area (TPSA) is 55.2 Å². The molecule has 1 atom stereocenters. The molecule has 1 aromatic heterocycles. The maximum absolute atomic E-state index is 13.8. The molecule has 1 saturated carbocycles. The van der Waals surface area contributed by atoms with E-state index in [1.54, 1.807) is 4.57 Å². The predicted molar refractivity (Wildman–Crippen MR) is 143 cm³/mol. The van der Waals surface area contributed by atoms with Gasteiger partial charge < -0.3 is 4.90 Å². The monoisotopic (exact) mass is 473 g/mol. The lowest BCUT2D eigenvalue weighted by molar-refractivity contribution is -0.134. The number of aryl methyl sites for hydroxylation is 2. The lowest BCUT2D eigenvalue weighted by Gasteiger charge is -2.32. The van der Waals surface area contributed by atoms with E-state index in [2.05, 4.69) is 26.8 Å². The molecule has 4 rings (SSSR count). The van der Waals surface area contributed by atoms with Gasteiger partial charge in [0.1, 0.15) is 5.82 Å². The maximum atomic E-state index is 13.8. The molecule has 1 unspecified atom stereocenters. The fourth-order valence-corrected chi connectivity index (χ4v) is 5.50. The quantitative estimate of drug-likeness (QED) is 0.374. The Hall–Kier alpha value is -2.95. The number of hydrogen-bond donors (Lipinski definition) is 0. The minimum atomic E-state index is -0.327. The lowest BCUT2D eigenvalue weighted by Crippen LogP contribution is -2.39. The Morgan fingerprint density at radius 1 is 1.09 bits per heavy atom. The van der Waals surface area contributed by atoms with Crippen LogP contribution in [0.25, 0.3) is 16.6 Å². The molecule has 0 radical (unpaired) electrons. The number of carbonyl (C=O) groups is 1. The summed E-state index contributed by atoms with van der Waals surface area (Å²) in [6.45, 7) is 11.0. The highest BCUT2D eigenvalue weighted by Gasteiger charge is 2.28. The SMILES string of the molecule is Cc1ccc(-n2c(C(C)N(CC(C)C)C(=O)CCC3CCCC3)nc3ccccc3c2=O)c(C)c1. The lowest BCUT2D eigenvalue weighted by atomic mass is 10.0. The van der Waals surface area contributed by atoms with E-state index in [1.165, 1.54) is 25.7 Å². The second kappa shape index (κ2) is 10.8. The van der Waals surface area contributed by atoms with Crippen molar-refractivity contribution < 1.29 is 4.79 Å². The molecule has 1 amide bonds. The van der Waals surface area contributed by atoms with Crippen molar-refractivity contribution in [3.8, 4) is 5.69 Å². The molecule has 0 saturated heterocycles. The number of carbonyl (C=O) groups excluding carboxylic acids is 1. The number of benzene rings is 2. The van der Waals surface area contributed by atoms with Crippen molar-refractivity contribution in [3.05, 3.63) is 69.8 Å². The van der Waals surface area contributed by atoms with E-state index in [-0.39, 0.29) is 17.5 Å². The van der Waals surface area contributed by atoms with Crippen molar-refractivity contribution in [3.63, 3.8) is 0 Å². The summed E-state index contributed by atoms with van der Waals surface area (Å²) in [6, 6.07) is 13.3. The average Bonchev–Trinajstić information content (AvgIpc) is 3.35. The van der Waals surface area contributed by atoms with Gasteiger partial charge in [-0.15, -0.1) is 0 Å². The number of nitrogens with zero attached hydrogens (tertiary/aromatic N) is 3. The maximum Gasteiger partial charge on any atom is 0.266 e. The summed E-state index contributed by atoms with van der Waals surface area (Å²) < 4.78 is 1.74. The van der Waals surface area contributed by atoms with Crippen LogP contribution in [0.3, 0.4) is 0 Å². The third kappa shape index (κ3) is 5.50. The largest absolute Gasteiger partial charge is 0.333 e. The summed E-state index contributed by atoms with van der Waals surface area (Å²) in [5.74, 6) is 1.76. The Morgan fingerprint density at radius 3 is 2.49 bits per heavy atom. The molecular weight excluding hydrogens is 434 g/mol. The van der Waals surface area contributed by atoms with Crippen molar-refractivity contribution in [1.29, 1.82) is 0 Å². The van der Waals surface area contributed by atoms with Crippen molar-refractivity contribution in [2.75, 3.05) is 6.54 Å². The zero-order valence-corrected chi connectivity index (χ0v) is 21.9. The zero-order valence-electron chi connectivity index (χ0n) is 21.9. The highest BCUT2D eigenvalue weighted by atomic mass is 16.2. The van der Waals surface area contributed by atoms with Crippen LogP contribution in [0.1, 0.15) is 82.3 Å². The Kier molecular flexibility index (Phi) is 7.73. The van der Waals surface area contributed by atoms with Crippen molar-refractivity contribution in [2.45, 2.75) is 79.2 Å². The van der Waals surface area contributed by atoms with Crippen LogP contribution in [0, 0.1) is 25.7 Å². The number of aromatic nitrogens is 2. The second-order valence-electron chi connectivity index (χ2n) is 10.7. The standard InChI is InChI=1S/C30H39N3O2/c1-20(2)19-32(28(34)17-15-24-10-6-7-11-24)23(5)29-31-26-13-9-8-12-25(26)30(35)33(29)27-16-14-21(3)18-22(27)4/h8-9,12-14,16,18,20,23-24H,6-7,10-11,15,17,19H2,1-5H3. The van der Waals surface area contributed by atoms with Crippen molar-refractivity contribution in [1.82, 2.24) is 14.5 Å². The van der Waals surface area contributed by atoms with Crippen LogP contribution in [-0.4, -0.2) is 26.9 Å². The van der Waals surface area contributed by atoms with Gasteiger partial charge in [0.05, 0.1) is 22.6 Å². The molecule has 0 aliphatic heterocycles. The Morgan fingerprint density at radius 2 is 1.80 bits per heavy atom. The van der Waals surface area contributed by atoms with Crippen molar-refractivity contribution in [2.24, 2.45) is 11.8 Å². The van der Waals surface area contributed by atoms with E-state index in [4.69, 9.17) is 4.98 Å². The molecule has 1 fully saturated rings. The van der Waals surface area contributed by atoms with Crippen LogP contribution in [-0.2, 0) is 4.79 Å². The molecule has 5 nitrogen and oxygen atoms in total. The van der Waals surface area contributed by atoms with Gasteiger partial charge in [-0.2, -0.15) is 0 Å². The number of fused-ring (bicyclic) bond motifs is 1. The Labute approximate surface area is 209 Å². The van der Waals surface area contributed by atoms with Crippen LogP contribution < -0.4 is 5.56 Å². The van der Waals surface area contributed by atoms with Gasteiger partial charge in [-0.25, -0.2) is 4.98 Å². The van der Waals surface area contributed by atoms with Gasteiger partial charge in [-0.1, -0.05) is 69.4 Å². The van der Waals surface area contributed by atoms with Gasteiger partial charge in [-0.3, -0.25) is 14.2 Å². The first-order valence-electron chi connectivity index (χ1n) is 13.1. The molecule has 1 aliphatic rings. The van der Waals surface area contributed by atoms with Gasteiger partial charge in [-0.05, 0) is 62.8 Å². The summed E-state index contributed by atoms with van der Waals surface area (Å²) >= 11 is 0. The van der Waals surface area contributed by atoms with Gasteiger partial charge in [0, 0.05) is 13.0 Å². The molecule has 2 aromatic carbocycles. The van der Waals surface area contributed by atoms with E-state index >= 15 is 0 Å². The number of para-hydroxylation sites is 1. The Balaban J connectivity index is 1.80. The van der Waals surface area contributed by atoms with Crippen LogP contribution in [0.4, 0.5) is 0 Å². The molecule has 1 aliphatic carbocycles.